The largest absolute Gasteiger partial charge is 0.351 e. The average molecular weight is 365 g/mol. The first-order valence-electron chi connectivity index (χ1n) is 8.25. The Bertz CT molecular complexity index is 678. The standard InChI is InChI=1S/C17H23N3O4S/c1-11(2)16(21)18-12-5-4-8-19(10-12)17(22)14-9-13(25-3)6-7-15(14)20(23)24/h6-7,9,11-12H,4-5,8,10H2,1-3H3,(H,18,21). The first kappa shape index (κ1) is 19.2. The molecule has 8 heteroatoms. The van der Waals surface area contributed by atoms with Gasteiger partial charge < -0.3 is 10.2 Å². The molecule has 2 rings (SSSR count). The molecule has 0 aliphatic carbocycles. The van der Waals surface area contributed by atoms with Crippen molar-refractivity contribution in [3.8, 4) is 0 Å². The molecule has 1 atom stereocenters. The highest BCUT2D eigenvalue weighted by Crippen LogP contribution is 2.27. The lowest BCUT2D eigenvalue weighted by molar-refractivity contribution is -0.385. The van der Waals surface area contributed by atoms with Crippen LogP contribution in [-0.4, -0.2) is 47.0 Å². The number of hydrogen-bond donors (Lipinski definition) is 1. The molecule has 1 aromatic carbocycles. The summed E-state index contributed by atoms with van der Waals surface area (Å²) in [5, 5.41) is 14.2. The van der Waals surface area contributed by atoms with E-state index in [0.29, 0.717) is 13.1 Å². The van der Waals surface area contributed by atoms with Gasteiger partial charge in [0, 0.05) is 36.0 Å². The Morgan fingerprint density at radius 1 is 1.40 bits per heavy atom. The third kappa shape index (κ3) is 4.72. The van der Waals surface area contributed by atoms with E-state index in [-0.39, 0.29) is 35.0 Å². The van der Waals surface area contributed by atoms with Crippen LogP contribution in [0.5, 0.6) is 0 Å². The zero-order chi connectivity index (χ0) is 18.6. The van der Waals surface area contributed by atoms with Gasteiger partial charge in [0.25, 0.3) is 11.6 Å². The summed E-state index contributed by atoms with van der Waals surface area (Å²) < 4.78 is 0. The maximum atomic E-state index is 12.9. The van der Waals surface area contributed by atoms with Crippen molar-refractivity contribution in [2.75, 3.05) is 19.3 Å². The molecular formula is C17H23N3O4S. The Labute approximate surface area is 151 Å². The van der Waals surface area contributed by atoms with E-state index in [9.17, 15) is 19.7 Å². The van der Waals surface area contributed by atoms with Gasteiger partial charge in [-0.1, -0.05) is 13.8 Å². The number of carbonyl (C=O) groups excluding carboxylic acids is 2. The third-order valence-corrected chi connectivity index (χ3v) is 4.94. The molecule has 0 radical (unpaired) electrons. The summed E-state index contributed by atoms with van der Waals surface area (Å²) in [5.74, 6) is -0.522. The molecule has 25 heavy (non-hydrogen) atoms. The van der Waals surface area contributed by atoms with Crippen LogP contribution in [0.15, 0.2) is 23.1 Å². The van der Waals surface area contributed by atoms with Gasteiger partial charge in [-0.15, -0.1) is 11.8 Å². The molecule has 1 N–H and O–H groups in total. The van der Waals surface area contributed by atoms with Gasteiger partial charge in [0.1, 0.15) is 5.56 Å². The zero-order valence-corrected chi connectivity index (χ0v) is 15.5. The molecular weight excluding hydrogens is 342 g/mol. The molecule has 0 bridgehead atoms. The number of carbonyl (C=O) groups is 2. The van der Waals surface area contributed by atoms with Crippen LogP contribution in [0, 0.1) is 16.0 Å². The van der Waals surface area contributed by atoms with E-state index in [0.717, 1.165) is 17.7 Å². The van der Waals surface area contributed by atoms with Crippen LogP contribution in [0.4, 0.5) is 5.69 Å². The number of nitrogens with zero attached hydrogens (tertiary/aromatic N) is 2. The van der Waals surface area contributed by atoms with Gasteiger partial charge in [0.15, 0.2) is 0 Å². The average Bonchev–Trinajstić information content (AvgIpc) is 2.60. The van der Waals surface area contributed by atoms with Crippen molar-refractivity contribution in [2.24, 2.45) is 5.92 Å². The number of rotatable bonds is 5. The lowest BCUT2D eigenvalue weighted by Gasteiger charge is -2.33. The van der Waals surface area contributed by atoms with E-state index in [1.807, 2.05) is 20.1 Å². The van der Waals surface area contributed by atoms with Crippen LogP contribution in [-0.2, 0) is 4.79 Å². The van der Waals surface area contributed by atoms with E-state index >= 15 is 0 Å². The fourth-order valence-electron chi connectivity index (χ4n) is 2.79. The fourth-order valence-corrected chi connectivity index (χ4v) is 3.23. The second kappa shape index (κ2) is 8.33. The van der Waals surface area contributed by atoms with E-state index in [4.69, 9.17) is 0 Å². The first-order chi connectivity index (χ1) is 11.8. The molecule has 2 amide bonds. The van der Waals surface area contributed by atoms with Crippen LogP contribution >= 0.6 is 11.8 Å². The number of likely N-dealkylation sites (tertiary alicyclic amines) is 1. The van der Waals surface area contributed by atoms with Crippen molar-refractivity contribution in [3.05, 3.63) is 33.9 Å². The predicted molar refractivity (Wildman–Crippen MR) is 96.8 cm³/mol. The van der Waals surface area contributed by atoms with E-state index in [1.54, 1.807) is 17.0 Å². The Morgan fingerprint density at radius 3 is 2.72 bits per heavy atom. The summed E-state index contributed by atoms with van der Waals surface area (Å²) in [7, 11) is 0. The van der Waals surface area contributed by atoms with Gasteiger partial charge >= 0.3 is 0 Å². The van der Waals surface area contributed by atoms with Crippen molar-refractivity contribution in [3.63, 3.8) is 0 Å². The van der Waals surface area contributed by atoms with Crippen LogP contribution in [0.3, 0.4) is 0 Å². The van der Waals surface area contributed by atoms with E-state index in [1.165, 1.54) is 17.8 Å². The number of piperidine rings is 1. The van der Waals surface area contributed by atoms with Crippen molar-refractivity contribution < 1.29 is 14.5 Å². The maximum Gasteiger partial charge on any atom is 0.282 e. The van der Waals surface area contributed by atoms with Crippen LogP contribution in [0.1, 0.15) is 37.0 Å². The minimum absolute atomic E-state index is 0.0466. The van der Waals surface area contributed by atoms with Crippen LogP contribution in [0.25, 0.3) is 0 Å². The highest BCUT2D eigenvalue weighted by Gasteiger charge is 2.30. The Morgan fingerprint density at radius 2 is 2.12 bits per heavy atom. The molecule has 0 spiro atoms. The normalized spacial score (nSPS) is 17.4. The topological polar surface area (TPSA) is 92.6 Å². The van der Waals surface area contributed by atoms with Gasteiger partial charge in [-0.2, -0.15) is 0 Å². The molecule has 136 valence electrons. The number of hydrogen-bond acceptors (Lipinski definition) is 5. The van der Waals surface area contributed by atoms with E-state index in [2.05, 4.69) is 5.32 Å². The van der Waals surface area contributed by atoms with Crippen molar-refractivity contribution in [1.82, 2.24) is 10.2 Å². The smallest absolute Gasteiger partial charge is 0.282 e. The summed E-state index contributed by atoms with van der Waals surface area (Å²) in [4.78, 5) is 37.9. The number of nitrogens with one attached hydrogen (secondary N) is 1. The van der Waals surface area contributed by atoms with Gasteiger partial charge in [-0.3, -0.25) is 19.7 Å². The molecule has 0 saturated carbocycles. The zero-order valence-electron chi connectivity index (χ0n) is 14.7. The summed E-state index contributed by atoms with van der Waals surface area (Å²) in [5.41, 5.74) is -0.0798. The van der Waals surface area contributed by atoms with Gasteiger partial charge in [0.05, 0.1) is 4.92 Å². The number of benzene rings is 1. The summed E-state index contributed by atoms with van der Waals surface area (Å²) in [6.45, 7) is 4.54. The second-order valence-corrected chi connectivity index (χ2v) is 7.27. The van der Waals surface area contributed by atoms with Crippen molar-refractivity contribution >= 4 is 29.3 Å². The molecule has 1 aromatic rings. The summed E-state index contributed by atoms with van der Waals surface area (Å²) in [6.07, 6.45) is 3.41. The van der Waals surface area contributed by atoms with Crippen LogP contribution < -0.4 is 5.32 Å². The monoisotopic (exact) mass is 365 g/mol. The first-order valence-corrected chi connectivity index (χ1v) is 9.48. The Balaban J connectivity index is 2.19. The van der Waals surface area contributed by atoms with Crippen LogP contribution in [0.2, 0.25) is 0 Å². The molecule has 1 heterocycles. The minimum Gasteiger partial charge on any atom is -0.351 e. The Kier molecular flexibility index (Phi) is 6.41. The van der Waals surface area contributed by atoms with E-state index < -0.39 is 4.92 Å². The quantitative estimate of drug-likeness (QED) is 0.492. The molecule has 0 aromatic heterocycles. The van der Waals surface area contributed by atoms with Gasteiger partial charge in [-0.05, 0) is 31.2 Å². The molecule has 1 fully saturated rings. The summed E-state index contributed by atoms with van der Waals surface area (Å²) in [6, 6.07) is 4.47. The fraction of sp³-hybridized carbons (Fsp3) is 0.529. The molecule has 1 unspecified atom stereocenters. The molecule has 1 aliphatic rings. The Hall–Kier alpha value is -2.09. The third-order valence-electron chi connectivity index (χ3n) is 4.21. The molecule has 7 nitrogen and oxygen atoms in total. The minimum atomic E-state index is -0.528. The SMILES string of the molecule is CSc1ccc([N+](=O)[O-])c(C(=O)N2CCCC(NC(=O)C(C)C)C2)c1. The maximum absolute atomic E-state index is 12.9. The highest BCUT2D eigenvalue weighted by atomic mass is 32.2. The number of amides is 2. The van der Waals surface area contributed by atoms with Crippen molar-refractivity contribution in [2.45, 2.75) is 37.6 Å². The molecule has 1 saturated heterocycles. The predicted octanol–water partition coefficient (Wildman–Crippen LogP) is 2.69. The highest BCUT2D eigenvalue weighted by molar-refractivity contribution is 7.98. The van der Waals surface area contributed by atoms with Gasteiger partial charge in [0.2, 0.25) is 5.91 Å². The lowest BCUT2D eigenvalue weighted by Crippen LogP contribution is -2.50. The van der Waals surface area contributed by atoms with Crippen molar-refractivity contribution in [1.29, 1.82) is 0 Å². The number of nitro benzene ring substituents is 1. The van der Waals surface area contributed by atoms with Gasteiger partial charge in [-0.25, -0.2) is 0 Å². The summed E-state index contributed by atoms with van der Waals surface area (Å²) >= 11 is 1.43. The molecule has 1 aliphatic heterocycles. The second-order valence-electron chi connectivity index (χ2n) is 6.39. The number of thioether (sulfide) groups is 1. The number of nitro groups is 1. The lowest BCUT2D eigenvalue weighted by atomic mass is 10.0.